The predicted molar refractivity (Wildman–Crippen MR) is 106 cm³/mol. The van der Waals surface area contributed by atoms with E-state index in [-0.39, 0.29) is 24.1 Å². The number of aromatic nitrogens is 3. The number of carbonyl (C=O) groups excluding carboxylic acids is 1. The van der Waals surface area contributed by atoms with Gasteiger partial charge in [-0.15, -0.1) is 0 Å². The molecule has 2 aromatic carbocycles. The fraction of sp³-hybridized carbons (Fsp3) is 0.105. The summed E-state index contributed by atoms with van der Waals surface area (Å²) in [5.74, 6) is 0.00439. The molecule has 1 N–H and O–H groups in total. The average molecular weight is 443 g/mol. The van der Waals surface area contributed by atoms with E-state index in [1.165, 1.54) is 17.4 Å². The van der Waals surface area contributed by atoms with Crippen molar-refractivity contribution >= 4 is 49.2 Å². The summed E-state index contributed by atoms with van der Waals surface area (Å²) in [6.45, 7) is 0. The summed E-state index contributed by atoms with van der Waals surface area (Å²) in [7, 11) is 0. The monoisotopic (exact) mass is 442 g/mol. The summed E-state index contributed by atoms with van der Waals surface area (Å²) < 4.78 is 16.7. The van der Waals surface area contributed by atoms with E-state index in [1.807, 2.05) is 24.3 Å². The van der Waals surface area contributed by atoms with Gasteiger partial charge in [0.1, 0.15) is 11.6 Å². The number of hydrogen-bond donors (Lipinski definition) is 1. The quantitative estimate of drug-likeness (QED) is 0.482. The van der Waals surface area contributed by atoms with Crippen LogP contribution in [-0.2, 0) is 4.79 Å². The van der Waals surface area contributed by atoms with Crippen LogP contribution in [0.2, 0.25) is 0 Å². The van der Waals surface area contributed by atoms with E-state index in [9.17, 15) is 9.18 Å². The number of anilines is 1. The molecule has 4 aromatic rings. The average Bonchev–Trinajstić information content (AvgIpc) is 3.26. The second-order valence-corrected chi connectivity index (χ2v) is 8.17. The first-order valence-electron chi connectivity index (χ1n) is 8.29. The van der Waals surface area contributed by atoms with Crippen molar-refractivity contribution < 1.29 is 9.18 Å². The van der Waals surface area contributed by atoms with Crippen molar-refractivity contribution in [2.24, 2.45) is 0 Å². The number of rotatable bonds is 2. The van der Waals surface area contributed by atoms with Gasteiger partial charge < -0.3 is 5.32 Å². The Kier molecular flexibility index (Phi) is 3.84. The molecule has 1 amide bonds. The van der Waals surface area contributed by atoms with Gasteiger partial charge >= 0.3 is 0 Å². The van der Waals surface area contributed by atoms with Crippen molar-refractivity contribution in [2.75, 3.05) is 5.32 Å². The molecule has 5 rings (SSSR count). The lowest BCUT2D eigenvalue weighted by Gasteiger charge is -2.23. The number of para-hydroxylation sites is 1. The third kappa shape index (κ3) is 2.76. The molecule has 8 heteroatoms. The van der Waals surface area contributed by atoms with Crippen LogP contribution >= 0.6 is 27.3 Å². The van der Waals surface area contributed by atoms with Gasteiger partial charge in [-0.2, -0.15) is 9.78 Å². The van der Waals surface area contributed by atoms with Crippen molar-refractivity contribution in [3.05, 3.63) is 70.1 Å². The number of benzene rings is 2. The first-order chi connectivity index (χ1) is 13.1. The standard InChI is InChI=1S/C19H12BrFN4OS/c20-13-7-10(5-6-14(13)21)11-8-17(26)24-18-12(11)9-22-25(18)19-23-15-3-1-2-4-16(15)27-19/h1-7,9,11H,8H2,(H,24,26)/t11-/m1/s1. The largest absolute Gasteiger partial charge is 0.310 e. The number of nitrogens with one attached hydrogen (secondary N) is 1. The maximum absolute atomic E-state index is 13.6. The Balaban J connectivity index is 1.63. The topological polar surface area (TPSA) is 59.8 Å². The number of amides is 1. The van der Waals surface area contributed by atoms with Gasteiger partial charge in [0.15, 0.2) is 0 Å². The van der Waals surface area contributed by atoms with Crippen molar-refractivity contribution in [1.82, 2.24) is 14.8 Å². The fourth-order valence-electron chi connectivity index (χ4n) is 3.34. The summed E-state index contributed by atoms with van der Waals surface area (Å²) in [5.41, 5.74) is 2.65. The molecule has 0 saturated carbocycles. The molecule has 3 heterocycles. The van der Waals surface area contributed by atoms with Crippen LogP contribution in [0.5, 0.6) is 0 Å². The minimum atomic E-state index is -0.329. The maximum Gasteiger partial charge on any atom is 0.226 e. The molecule has 0 unspecified atom stereocenters. The zero-order valence-electron chi connectivity index (χ0n) is 13.8. The SMILES string of the molecule is O=C1C[C@H](c2ccc(F)c(Br)c2)c2cnn(-c3nc4ccccc4s3)c2N1. The third-order valence-corrected chi connectivity index (χ3v) is 6.25. The highest BCUT2D eigenvalue weighted by Gasteiger charge is 2.31. The second-order valence-electron chi connectivity index (χ2n) is 6.30. The number of thiazole rings is 1. The molecule has 5 nitrogen and oxygen atoms in total. The van der Waals surface area contributed by atoms with Gasteiger partial charge in [-0.3, -0.25) is 4.79 Å². The molecule has 1 aliphatic heterocycles. The molecule has 2 aromatic heterocycles. The van der Waals surface area contributed by atoms with Crippen molar-refractivity contribution in [3.63, 3.8) is 0 Å². The Morgan fingerprint density at radius 3 is 2.93 bits per heavy atom. The number of fused-ring (bicyclic) bond motifs is 2. The fourth-order valence-corrected chi connectivity index (χ4v) is 4.67. The molecule has 0 fully saturated rings. The first kappa shape index (κ1) is 16.6. The smallest absolute Gasteiger partial charge is 0.226 e. The van der Waals surface area contributed by atoms with Crippen LogP contribution < -0.4 is 5.32 Å². The van der Waals surface area contributed by atoms with E-state index < -0.39 is 0 Å². The van der Waals surface area contributed by atoms with Gasteiger partial charge in [0, 0.05) is 17.9 Å². The Labute approximate surface area is 166 Å². The molecular formula is C19H12BrFN4OS. The molecule has 1 aliphatic rings. The summed E-state index contributed by atoms with van der Waals surface area (Å²) >= 11 is 4.74. The van der Waals surface area contributed by atoms with Gasteiger partial charge in [0.05, 0.1) is 20.9 Å². The Hall–Kier alpha value is -2.58. The lowest BCUT2D eigenvalue weighted by Crippen LogP contribution is -2.24. The summed E-state index contributed by atoms with van der Waals surface area (Å²) in [6.07, 6.45) is 2.04. The Bertz CT molecular complexity index is 1170. The van der Waals surface area contributed by atoms with Crippen molar-refractivity contribution in [3.8, 4) is 5.13 Å². The lowest BCUT2D eigenvalue weighted by molar-refractivity contribution is -0.116. The van der Waals surface area contributed by atoms with Crippen molar-refractivity contribution in [1.29, 1.82) is 0 Å². The van der Waals surface area contributed by atoms with Crippen molar-refractivity contribution in [2.45, 2.75) is 12.3 Å². The van der Waals surface area contributed by atoms with Gasteiger partial charge in [0.25, 0.3) is 0 Å². The third-order valence-electron chi connectivity index (χ3n) is 4.63. The van der Waals surface area contributed by atoms with Crippen LogP contribution in [0.25, 0.3) is 15.3 Å². The van der Waals surface area contributed by atoms with Crippen LogP contribution in [-0.4, -0.2) is 20.7 Å². The highest BCUT2D eigenvalue weighted by atomic mass is 79.9. The number of hydrogen-bond acceptors (Lipinski definition) is 4. The summed E-state index contributed by atoms with van der Waals surface area (Å²) in [5, 5.41) is 8.09. The highest BCUT2D eigenvalue weighted by molar-refractivity contribution is 9.10. The van der Waals surface area contributed by atoms with E-state index in [1.54, 1.807) is 23.0 Å². The second kappa shape index (κ2) is 6.24. The molecule has 1 atom stereocenters. The van der Waals surface area contributed by atoms with E-state index in [0.29, 0.717) is 15.4 Å². The van der Waals surface area contributed by atoms with Crippen LogP contribution in [0.4, 0.5) is 10.2 Å². The molecule has 134 valence electrons. The minimum absolute atomic E-state index is 0.101. The number of halogens is 2. The maximum atomic E-state index is 13.6. The van der Waals surface area contributed by atoms with E-state index >= 15 is 0 Å². The molecule has 0 bridgehead atoms. The normalized spacial score (nSPS) is 16.4. The molecule has 0 saturated heterocycles. The van der Waals surface area contributed by atoms with Gasteiger partial charge in [0.2, 0.25) is 11.0 Å². The van der Waals surface area contributed by atoms with Crippen LogP contribution in [0.1, 0.15) is 23.5 Å². The van der Waals surface area contributed by atoms with Crippen LogP contribution in [0.15, 0.2) is 53.1 Å². The minimum Gasteiger partial charge on any atom is -0.310 e. The van der Waals surface area contributed by atoms with Gasteiger partial charge in [-0.1, -0.05) is 29.5 Å². The molecule has 0 spiro atoms. The predicted octanol–water partition coefficient (Wildman–Crippen LogP) is 4.86. The summed E-state index contributed by atoms with van der Waals surface area (Å²) in [6, 6.07) is 12.7. The van der Waals surface area contributed by atoms with Crippen LogP contribution in [0.3, 0.4) is 0 Å². The zero-order valence-corrected chi connectivity index (χ0v) is 16.2. The molecule has 0 radical (unpaired) electrons. The number of nitrogens with zero attached hydrogens (tertiary/aromatic N) is 3. The first-order valence-corrected chi connectivity index (χ1v) is 9.90. The van der Waals surface area contributed by atoms with Gasteiger partial charge in [-0.25, -0.2) is 9.37 Å². The zero-order chi connectivity index (χ0) is 18.5. The van der Waals surface area contributed by atoms with Crippen LogP contribution in [0, 0.1) is 5.82 Å². The Morgan fingerprint density at radius 2 is 2.11 bits per heavy atom. The lowest BCUT2D eigenvalue weighted by atomic mass is 9.87. The molecule has 27 heavy (non-hydrogen) atoms. The Morgan fingerprint density at radius 1 is 1.26 bits per heavy atom. The summed E-state index contributed by atoms with van der Waals surface area (Å²) in [4.78, 5) is 17.0. The van der Waals surface area contributed by atoms with E-state index in [4.69, 9.17) is 0 Å². The van der Waals surface area contributed by atoms with Gasteiger partial charge in [-0.05, 0) is 45.8 Å². The van der Waals surface area contributed by atoms with E-state index in [2.05, 4.69) is 31.3 Å². The van der Waals surface area contributed by atoms with E-state index in [0.717, 1.165) is 21.3 Å². The number of carbonyl (C=O) groups is 1. The molecule has 0 aliphatic carbocycles. The highest BCUT2D eigenvalue weighted by Crippen LogP contribution is 2.39. The molecular weight excluding hydrogens is 431 g/mol.